The van der Waals surface area contributed by atoms with Crippen molar-refractivity contribution >= 4 is 22.1 Å². The van der Waals surface area contributed by atoms with Gasteiger partial charge >= 0.3 is 0 Å². The monoisotopic (exact) mass is 322 g/mol. The summed E-state index contributed by atoms with van der Waals surface area (Å²) >= 11 is 0. The maximum atomic E-state index is 12.4. The van der Waals surface area contributed by atoms with Gasteiger partial charge in [-0.2, -0.15) is 0 Å². The Morgan fingerprint density at radius 2 is 1.88 bits per heavy atom. The Kier molecular flexibility index (Phi) is 5.34. The molecule has 24 heavy (non-hydrogen) atoms. The molecular weight excluding hydrogens is 296 g/mol. The Bertz CT molecular complexity index is 758. The van der Waals surface area contributed by atoms with E-state index >= 15 is 0 Å². The normalized spacial score (nSPS) is 17.8. The van der Waals surface area contributed by atoms with Crippen LogP contribution in [-0.4, -0.2) is 12.9 Å². The highest BCUT2D eigenvalue weighted by Gasteiger charge is 2.22. The minimum Gasteiger partial charge on any atom is -0.497 e. The molecule has 0 heterocycles. The number of carbonyl (C=O) groups is 1. The van der Waals surface area contributed by atoms with Crippen molar-refractivity contribution in [2.45, 2.75) is 45.4 Å². The number of fused-ring (bicyclic) bond motifs is 1. The van der Waals surface area contributed by atoms with E-state index in [0.717, 1.165) is 25.0 Å². The lowest BCUT2D eigenvalue weighted by atomic mass is 9.82. The molecular formula is C22H26O2. The molecule has 0 N–H and O–H groups in total. The van der Waals surface area contributed by atoms with Crippen LogP contribution in [-0.2, 0) is 4.79 Å². The van der Waals surface area contributed by atoms with E-state index in [0.29, 0.717) is 5.78 Å². The summed E-state index contributed by atoms with van der Waals surface area (Å²) in [6, 6.07) is 12.5. The number of hydrogen-bond acceptors (Lipinski definition) is 2. The topological polar surface area (TPSA) is 26.3 Å². The number of benzene rings is 2. The number of allylic oxidation sites excluding steroid dienone is 2. The molecule has 0 saturated heterocycles. The van der Waals surface area contributed by atoms with Gasteiger partial charge in [0.2, 0.25) is 0 Å². The maximum absolute atomic E-state index is 12.4. The molecule has 2 aromatic carbocycles. The van der Waals surface area contributed by atoms with Crippen LogP contribution in [0, 0.1) is 5.92 Å². The molecule has 0 aliphatic heterocycles. The first-order valence-corrected chi connectivity index (χ1v) is 9.04. The Balaban J connectivity index is 1.78. The smallest absolute Gasteiger partial charge is 0.159 e. The fourth-order valence-corrected chi connectivity index (χ4v) is 3.54. The van der Waals surface area contributed by atoms with E-state index in [9.17, 15) is 4.79 Å². The van der Waals surface area contributed by atoms with Gasteiger partial charge in [0.1, 0.15) is 5.75 Å². The molecule has 1 atom stereocenters. The summed E-state index contributed by atoms with van der Waals surface area (Å²) in [5.41, 5.74) is 2.36. The molecule has 3 rings (SSSR count). The molecule has 0 radical (unpaired) electrons. The second-order valence-corrected chi connectivity index (χ2v) is 6.73. The highest BCUT2D eigenvalue weighted by Crippen LogP contribution is 2.32. The minimum atomic E-state index is 0.241. The summed E-state index contributed by atoms with van der Waals surface area (Å²) in [6.07, 6.45) is 8.56. The minimum absolute atomic E-state index is 0.241. The zero-order chi connectivity index (χ0) is 16.9. The van der Waals surface area contributed by atoms with Gasteiger partial charge < -0.3 is 4.74 Å². The van der Waals surface area contributed by atoms with Crippen molar-refractivity contribution in [2.24, 2.45) is 5.92 Å². The van der Waals surface area contributed by atoms with Crippen LogP contribution in [0.25, 0.3) is 16.3 Å². The molecule has 1 aliphatic rings. The van der Waals surface area contributed by atoms with Crippen molar-refractivity contribution in [3.05, 3.63) is 48.0 Å². The lowest BCUT2D eigenvalue weighted by Crippen LogP contribution is -2.17. The van der Waals surface area contributed by atoms with Gasteiger partial charge in [-0.1, -0.05) is 44.4 Å². The first-order valence-electron chi connectivity index (χ1n) is 9.04. The third-order valence-corrected chi connectivity index (χ3v) is 5.06. The van der Waals surface area contributed by atoms with Crippen molar-refractivity contribution in [2.75, 3.05) is 7.11 Å². The van der Waals surface area contributed by atoms with Crippen molar-refractivity contribution in [1.29, 1.82) is 0 Å². The van der Waals surface area contributed by atoms with Crippen LogP contribution in [0.4, 0.5) is 0 Å². The van der Waals surface area contributed by atoms with Gasteiger partial charge in [0.25, 0.3) is 0 Å². The number of carbonyl (C=O) groups excluding carboxylic acids is 1. The average Bonchev–Trinajstić information content (AvgIpc) is 2.62. The summed E-state index contributed by atoms with van der Waals surface area (Å²) in [4.78, 5) is 12.4. The number of ether oxygens (including phenoxy) is 1. The highest BCUT2D eigenvalue weighted by atomic mass is 16.5. The molecule has 0 spiro atoms. The summed E-state index contributed by atoms with van der Waals surface area (Å²) in [5.74, 6) is 1.43. The molecule has 2 heteroatoms. The maximum Gasteiger partial charge on any atom is 0.159 e. The zero-order valence-electron chi connectivity index (χ0n) is 14.7. The van der Waals surface area contributed by atoms with Gasteiger partial charge in [-0.3, -0.25) is 4.79 Å². The summed E-state index contributed by atoms with van der Waals surface area (Å²) in [6.45, 7) is 2.20. The predicted molar refractivity (Wildman–Crippen MR) is 100 cm³/mol. The summed E-state index contributed by atoms with van der Waals surface area (Å²) in [7, 11) is 1.69. The van der Waals surface area contributed by atoms with E-state index in [2.05, 4.69) is 31.2 Å². The van der Waals surface area contributed by atoms with Crippen molar-refractivity contribution < 1.29 is 9.53 Å². The third kappa shape index (κ3) is 3.69. The van der Waals surface area contributed by atoms with Crippen LogP contribution in [0.2, 0.25) is 0 Å². The molecule has 0 saturated carbocycles. The molecule has 0 bridgehead atoms. The SMILES string of the molecule is CCCCCC1CCC(c2ccc3cc(OC)ccc3c2)=CC1=O. The van der Waals surface area contributed by atoms with Crippen LogP contribution in [0.15, 0.2) is 42.5 Å². The fraction of sp³-hybridized carbons (Fsp3) is 0.409. The Morgan fingerprint density at radius 3 is 2.62 bits per heavy atom. The van der Waals surface area contributed by atoms with Crippen molar-refractivity contribution in [3.63, 3.8) is 0 Å². The molecule has 0 fully saturated rings. The quantitative estimate of drug-likeness (QED) is 0.629. The highest BCUT2D eigenvalue weighted by molar-refractivity contribution is 6.00. The van der Waals surface area contributed by atoms with Gasteiger partial charge in [0, 0.05) is 5.92 Å². The Labute approximate surface area is 144 Å². The molecule has 1 aliphatic carbocycles. The standard InChI is InChI=1S/C22H26O2/c1-3-4-5-6-16-7-8-20(15-22(16)23)17-9-10-19-14-21(24-2)12-11-18(19)13-17/h9-16H,3-8H2,1-2H3. The van der Waals surface area contributed by atoms with E-state index in [1.165, 1.54) is 41.2 Å². The lowest BCUT2D eigenvalue weighted by molar-refractivity contribution is -0.118. The van der Waals surface area contributed by atoms with Crippen LogP contribution in [0.5, 0.6) is 5.75 Å². The average molecular weight is 322 g/mol. The summed E-state index contributed by atoms with van der Waals surface area (Å²) < 4.78 is 5.28. The fourth-order valence-electron chi connectivity index (χ4n) is 3.54. The van der Waals surface area contributed by atoms with Gasteiger partial charge in [-0.15, -0.1) is 0 Å². The first-order chi connectivity index (χ1) is 11.7. The van der Waals surface area contributed by atoms with E-state index in [-0.39, 0.29) is 5.92 Å². The van der Waals surface area contributed by atoms with Crippen LogP contribution < -0.4 is 4.74 Å². The lowest BCUT2D eigenvalue weighted by Gasteiger charge is -2.21. The molecule has 2 aromatic rings. The van der Waals surface area contributed by atoms with E-state index in [4.69, 9.17) is 4.74 Å². The number of unbranched alkanes of at least 4 members (excludes halogenated alkanes) is 2. The Hall–Kier alpha value is -2.09. The summed E-state index contributed by atoms with van der Waals surface area (Å²) in [5, 5.41) is 2.35. The van der Waals surface area contributed by atoms with Crippen LogP contribution in [0.3, 0.4) is 0 Å². The van der Waals surface area contributed by atoms with Crippen molar-refractivity contribution in [3.8, 4) is 5.75 Å². The number of ketones is 1. The second kappa shape index (κ2) is 7.65. The van der Waals surface area contributed by atoms with Crippen LogP contribution >= 0.6 is 0 Å². The predicted octanol–water partition coefficient (Wildman–Crippen LogP) is 5.79. The van der Waals surface area contributed by atoms with Gasteiger partial charge in [0.15, 0.2) is 5.78 Å². The van der Waals surface area contributed by atoms with Crippen molar-refractivity contribution in [1.82, 2.24) is 0 Å². The largest absolute Gasteiger partial charge is 0.497 e. The van der Waals surface area contributed by atoms with Gasteiger partial charge in [0.05, 0.1) is 7.11 Å². The van der Waals surface area contributed by atoms with Crippen LogP contribution in [0.1, 0.15) is 51.0 Å². The molecule has 126 valence electrons. The van der Waals surface area contributed by atoms with E-state index in [1.54, 1.807) is 7.11 Å². The zero-order valence-corrected chi connectivity index (χ0v) is 14.7. The third-order valence-electron chi connectivity index (χ3n) is 5.06. The molecule has 0 amide bonds. The van der Waals surface area contributed by atoms with E-state index < -0.39 is 0 Å². The molecule has 2 nitrogen and oxygen atoms in total. The van der Waals surface area contributed by atoms with Gasteiger partial charge in [-0.05, 0) is 65.4 Å². The second-order valence-electron chi connectivity index (χ2n) is 6.73. The molecule has 1 unspecified atom stereocenters. The number of methoxy groups -OCH3 is 1. The molecule has 0 aromatic heterocycles. The Morgan fingerprint density at radius 1 is 1.08 bits per heavy atom. The van der Waals surface area contributed by atoms with E-state index in [1.807, 2.05) is 18.2 Å². The van der Waals surface area contributed by atoms with Gasteiger partial charge in [-0.25, -0.2) is 0 Å². The number of hydrogen-bond donors (Lipinski definition) is 0. The first kappa shape index (κ1) is 16.8. The number of rotatable bonds is 6.